The Bertz CT molecular complexity index is 1860. The highest BCUT2D eigenvalue weighted by molar-refractivity contribution is 7.07. The zero-order chi connectivity index (χ0) is 28.7. The maximum absolute atomic E-state index is 13.8. The summed E-state index contributed by atoms with van der Waals surface area (Å²) in [6, 6.07) is 14.5. The van der Waals surface area contributed by atoms with E-state index >= 15 is 0 Å². The van der Waals surface area contributed by atoms with E-state index in [4.69, 9.17) is 20.8 Å². The third-order valence-corrected chi connectivity index (χ3v) is 7.64. The minimum Gasteiger partial charge on any atom is -0.478 e. The summed E-state index contributed by atoms with van der Waals surface area (Å²) in [7, 11) is 0. The lowest BCUT2D eigenvalue weighted by Gasteiger charge is -2.25. The molecule has 3 heterocycles. The second-order valence-electron chi connectivity index (χ2n) is 9.62. The van der Waals surface area contributed by atoms with Crippen molar-refractivity contribution in [1.29, 1.82) is 0 Å². The summed E-state index contributed by atoms with van der Waals surface area (Å²) < 4.78 is 13.4. The van der Waals surface area contributed by atoms with Crippen molar-refractivity contribution in [2.45, 2.75) is 39.8 Å². The molecule has 0 spiro atoms. The maximum atomic E-state index is 13.8. The summed E-state index contributed by atoms with van der Waals surface area (Å²) >= 11 is 7.31. The Morgan fingerprint density at radius 1 is 1.12 bits per heavy atom. The number of aromatic nitrogens is 1. The van der Waals surface area contributed by atoms with Crippen LogP contribution in [0.5, 0.6) is 0 Å². The molecule has 0 saturated carbocycles. The minimum absolute atomic E-state index is 0.191. The minimum atomic E-state index is -1.00. The molecule has 0 amide bonds. The second kappa shape index (κ2) is 10.7. The molecule has 10 heteroatoms. The Balaban J connectivity index is 1.60. The highest BCUT2D eigenvalue weighted by atomic mass is 35.5. The Kier molecular flexibility index (Phi) is 7.35. The summed E-state index contributed by atoms with van der Waals surface area (Å²) in [5, 5.41) is 9.77. The molecule has 8 nitrogen and oxygen atoms in total. The fraction of sp³-hybridized carbons (Fsp3) is 0.200. The van der Waals surface area contributed by atoms with Crippen molar-refractivity contribution in [2.24, 2.45) is 4.99 Å². The maximum Gasteiger partial charge on any atom is 0.338 e. The van der Waals surface area contributed by atoms with Gasteiger partial charge >= 0.3 is 11.9 Å². The molecule has 1 N–H and O–H groups in total. The number of allylic oxidation sites excluding steroid dienone is 1. The average Bonchev–Trinajstić information content (AvgIpc) is 3.47. The van der Waals surface area contributed by atoms with Crippen LogP contribution in [0.1, 0.15) is 54.1 Å². The van der Waals surface area contributed by atoms with Gasteiger partial charge in [0.05, 0.1) is 33.5 Å². The van der Waals surface area contributed by atoms with E-state index in [9.17, 15) is 19.5 Å². The number of halogens is 1. The van der Waals surface area contributed by atoms with Crippen molar-refractivity contribution in [3.8, 4) is 11.3 Å². The average molecular weight is 577 g/mol. The molecule has 0 radical (unpaired) electrons. The zero-order valence-corrected chi connectivity index (χ0v) is 23.7. The Labute approximate surface area is 238 Å². The quantitative estimate of drug-likeness (QED) is 0.319. The summed E-state index contributed by atoms with van der Waals surface area (Å²) in [6.45, 7) is 7.07. The highest BCUT2D eigenvalue weighted by Crippen LogP contribution is 2.32. The summed E-state index contributed by atoms with van der Waals surface area (Å²) in [4.78, 5) is 43.3. The number of carbonyl (C=O) groups excluding carboxylic acids is 1. The van der Waals surface area contributed by atoms with Gasteiger partial charge in [0.2, 0.25) is 0 Å². The van der Waals surface area contributed by atoms with Crippen LogP contribution < -0.4 is 14.9 Å². The largest absolute Gasteiger partial charge is 0.478 e. The van der Waals surface area contributed by atoms with E-state index in [1.165, 1.54) is 22.0 Å². The molecule has 0 bridgehead atoms. The monoisotopic (exact) mass is 576 g/mol. The number of hydrogen-bond donors (Lipinski definition) is 1. The third kappa shape index (κ3) is 5.17. The van der Waals surface area contributed by atoms with Gasteiger partial charge in [-0.2, -0.15) is 0 Å². The lowest BCUT2D eigenvalue weighted by molar-refractivity contribution is -0.143. The predicted molar refractivity (Wildman–Crippen MR) is 152 cm³/mol. The van der Waals surface area contributed by atoms with Crippen molar-refractivity contribution in [3.63, 3.8) is 0 Å². The normalized spacial score (nSPS) is 15.2. The number of carboxylic acids is 1. The zero-order valence-electron chi connectivity index (χ0n) is 22.1. The molecule has 1 aliphatic heterocycles. The number of hydrogen-bond acceptors (Lipinski definition) is 7. The van der Waals surface area contributed by atoms with Crippen LogP contribution in [0.4, 0.5) is 0 Å². The summed E-state index contributed by atoms with van der Waals surface area (Å²) in [6.07, 6.45) is 1.29. The van der Waals surface area contributed by atoms with E-state index in [0.717, 1.165) is 11.1 Å². The molecular weight excluding hydrogens is 552 g/mol. The number of aryl methyl sites for hydroxylation is 1. The number of esters is 1. The summed E-state index contributed by atoms with van der Waals surface area (Å²) in [5.74, 6) is -0.550. The topological polar surface area (TPSA) is 111 Å². The number of furan rings is 1. The van der Waals surface area contributed by atoms with Crippen molar-refractivity contribution in [1.82, 2.24) is 4.57 Å². The van der Waals surface area contributed by atoms with Gasteiger partial charge in [-0.05, 0) is 75.2 Å². The van der Waals surface area contributed by atoms with Gasteiger partial charge in [0.25, 0.3) is 5.56 Å². The highest BCUT2D eigenvalue weighted by Gasteiger charge is 2.33. The van der Waals surface area contributed by atoms with Gasteiger partial charge in [-0.1, -0.05) is 41.1 Å². The predicted octanol–water partition coefficient (Wildman–Crippen LogP) is 5.11. The van der Waals surface area contributed by atoms with E-state index in [1.807, 2.05) is 6.92 Å². The van der Waals surface area contributed by atoms with Gasteiger partial charge in [-0.3, -0.25) is 9.36 Å². The van der Waals surface area contributed by atoms with Gasteiger partial charge in [-0.25, -0.2) is 14.6 Å². The Hall–Kier alpha value is -4.21. The number of carbonyl (C=O) groups is 2. The van der Waals surface area contributed by atoms with Crippen molar-refractivity contribution < 1.29 is 23.8 Å². The molecule has 0 saturated heterocycles. The molecule has 5 rings (SSSR count). The van der Waals surface area contributed by atoms with Crippen LogP contribution in [0.2, 0.25) is 5.02 Å². The molecule has 2 aromatic carbocycles. The molecular formula is C30H25ClN2O6S. The van der Waals surface area contributed by atoms with Crippen molar-refractivity contribution in [3.05, 3.63) is 113 Å². The van der Waals surface area contributed by atoms with Crippen LogP contribution >= 0.6 is 22.9 Å². The van der Waals surface area contributed by atoms with Gasteiger partial charge < -0.3 is 14.3 Å². The molecule has 1 aliphatic rings. The number of benzene rings is 2. The fourth-order valence-electron chi connectivity index (χ4n) is 4.60. The number of ether oxygens (including phenoxy) is 1. The summed E-state index contributed by atoms with van der Waals surface area (Å²) in [5.41, 5.74) is 2.82. The van der Waals surface area contributed by atoms with E-state index in [1.54, 1.807) is 75.4 Å². The molecule has 2 aromatic heterocycles. The van der Waals surface area contributed by atoms with Gasteiger partial charge in [0.15, 0.2) is 4.80 Å². The first-order valence-electron chi connectivity index (χ1n) is 12.5. The van der Waals surface area contributed by atoms with E-state index in [2.05, 4.69) is 4.99 Å². The van der Waals surface area contributed by atoms with E-state index in [0.29, 0.717) is 37.1 Å². The Morgan fingerprint density at radius 2 is 1.85 bits per heavy atom. The van der Waals surface area contributed by atoms with Gasteiger partial charge in [0, 0.05) is 16.7 Å². The van der Waals surface area contributed by atoms with Crippen LogP contribution in [-0.4, -0.2) is 27.7 Å². The molecule has 204 valence electrons. The number of rotatable bonds is 6. The molecule has 1 atom stereocenters. The SMILES string of the molecule is CC1=C(C(=O)OC(C)C)[C@@H](c2ccc(Cl)cc2)n2c(s/c(=C\c3ccc(-c4ccc(C(=O)O)cc4C)o3)c2=O)=N1. The molecule has 0 aliphatic carbocycles. The van der Waals surface area contributed by atoms with E-state index < -0.39 is 18.0 Å². The van der Waals surface area contributed by atoms with Gasteiger partial charge in [0.1, 0.15) is 11.5 Å². The number of nitrogens with zero attached hydrogens (tertiary/aromatic N) is 2. The lowest BCUT2D eigenvalue weighted by atomic mass is 9.96. The fourth-order valence-corrected chi connectivity index (χ4v) is 5.75. The molecule has 0 fully saturated rings. The third-order valence-electron chi connectivity index (χ3n) is 6.41. The first-order valence-corrected chi connectivity index (χ1v) is 13.7. The standard InChI is InChI=1S/C30H25ClN2O6S/c1-15(2)38-29(37)25-17(4)32-30-33(26(25)18-5-8-20(31)9-6-18)27(34)24(40-30)14-21-10-12-23(39-21)22-11-7-19(28(35)36)13-16(22)3/h5-15,26H,1-4H3,(H,35,36)/b24-14-/t26-/m1/s1. The van der Waals surface area contributed by atoms with Crippen LogP contribution in [0.25, 0.3) is 17.4 Å². The molecule has 4 aromatic rings. The second-order valence-corrected chi connectivity index (χ2v) is 11.1. The number of thiazole rings is 1. The van der Waals surface area contributed by atoms with Gasteiger partial charge in [-0.15, -0.1) is 0 Å². The number of carboxylic acid groups (broad SMARTS) is 1. The number of fused-ring (bicyclic) bond motifs is 1. The van der Waals surface area contributed by atoms with Crippen LogP contribution in [0.15, 0.2) is 80.1 Å². The van der Waals surface area contributed by atoms with Crippen molar-refractivity contribution in [2.75, 3.05) is 0 Å². The number of aromatic carboxylic acids is 1. The van der Waals surface area contributed by atoms with E-state index in [-0.39, 0.29) is 22.8 Å². The van der Waals surface area contributed by atoms with Crippen LogP contribution in [-0.2, 0) is 9.53 Å². The molecule has 0 unspecified atom stereocenters. The van der Waals surface area contributed by atoms with Crippen LogP contribution in [0.3, 0.4) is 0 Å². The Morgan fingerprint density at radius 3 is 2.50 bits per heavy atom. The molecule has 40 heavy (non-hydrogen) atoms. The first kappa shape index (κ1) is 27.4. The smallest absolute Gasteiger partial charge is 0.338 e. The van der Waals surface area contributed by atoms with Crippen LogP contribution in [0, 0.1) is 6.92 Å². The van der Waals surface area contributed by atoms with Crippen molar-refractivity contribution >= 4 is 41.0 Å². The first-order chi connectivity index (χ1) is 19.0. The lowest BCUT2D eigenvalue weighted by Crippen LogP contribution is -2.40.